The van der Waals surface area contributed by atoms with Crippen LogP contribution in [-0.4, -0.2) is 41.1 Å². The molecule has 0 bridgehead atoms. The van der Waals surface area contributed by atoms with Crippen LogP contribution in [0.15, 0.2) is 24.3 Å². The Bertz CT molecular complexity index is 613. The molecule has 5 nitrogen and oxygen atoms in total. The normalized spacial score (nSPS) is 22.5. The van der Waals surface area contributed by atoms with E-state index in [0.29, 0.717) is 12.0 Å². The van der Waals surface area contributed by atoms with Gasteiger partial charge in [-0.05, 0) is 38.8 Å². The minimum Gasteiger partial charge on any atom is -0.427 e. The van der Waals surface area contributed by atoms with Crippen molar-refractivity contribution in [1.82, 2.24) is 5.06 Å². The van der Waals surface area contributed by atoms with Crippen molar-refractivity contribution in [2.45, 2.75) is 51.0 Å². The molecular weight excluding hydrogens is 339 g/mol. The number of piperidine rings is 1. The summed E-state index contributed by atoms with van der Waals surface area (Å²) >= 11 is 0. The average molecular weight is 361 g/mol. The van der Waals surface area contributed by atoms with Gasteiger partial charge in [0.05, 0.1) is 18.2 Å². The van der Waals surface area contributed by atoms with E-state index in [-0.39, 0.29) is 13.1 Å². The molecule has 1 aliphatic heterocycles. The number of benzene rings is 1. The Labute approximate surface area is 144 Å². The van der Waals surface area contributed by atoms with E-state index >= 15 is 0 Å². The first-order valence-corrected chi connectivity index (χ1v) is 7.97. The molecule has 2 unspecified atom stereocenters. The third-order valence-corrected chi connectivity index (χ3v) is 3.78. The molecule has 1 N–H and O–H groups in total. The van der Waals surface area contributed by atoms with Crippen LogP contribution in [0.4, 0.5) is 18.0 Å². The first-order valence-electron chi connectivity index (χ1n) is 7.97. The van der Waals surface area contributed by atoms with Crippen molar-refractivity contribution < 1.29 is 32.6 Å². The Balaban J connectivity index is 1.99. The Morgan fingerprint density at radius 3 is 2.52 bits per heavy atom. The van der Waals surface area contributed by atoms with Crippen LogP contribution in [0.2, 0.25) is 0 Å². The maximum Gasteiger partial charge on any atom is 0.528 e. The van der Waals surface area contributed by atoms with Crippen LogP contribution in [0.25, 0.3) is 0 Å². The Morgan fingerprint density at radius 1 is 1.28 bits per heavy atom. The molecule has 140 valence electrons. The zero-order valence-corrected chi connectivity index (χ0v) is 14.3. The zero-order valence-electron chi connectivity index (χ0n) is 14.3. The molecule has 2 rings (SSSR count). The van der Waals surface area contributed by atoms with Gasteiger partial charge in [0.2, 0.25) is 0 Å². The van der Waals surface area contributed by atoms with Crippen molar-refractivity contribution in [3.8, 4) is 0 Å². The number of hydrogen-bond acceptors (Lipinski definition) is 5. The molecule has 0 amide bonds. The van der Waals surface area contributed by atoms with Gasteiger partial charge in [0, 0.05) is 12.5 Å². The fourth-order valence-electron chi connectivity index (χ4n) is 2.69. The van der Waals surface area contributed by atoms with Crippen LogP contribution in [0.3, 0.4) is 0 Å². The maximum atomic E-state index is 12.8. The molecule has 0 saturated carbocycles. The van der Waals surface area contributed by atoms with Crippen LogP contribution in [-0.2, 0) is 15.8 Å². The summed E-state index contributed by atoms with van der Waals surface area (Å²) in [5, 5.41) is 11.5. The molecule has 0 radical (unpaired) electrons. The Hall–Kier alpha value is -1.80. The number of β-amino-alcohol motifs (C(OH)–C–C–N with tert-alkyl or cyclic N) is 1. The Morgan fingerprint density at radius 2 is 1.96 bits per heavy atom. The van der Waals surface area contributed by atoms with Gasteiger partial charge in [0.1, 0.15) is 5.60 Å². The number of carbonyl (C=O) groups excluding carboxylic acids is 1. The Kier molecular flexibility index (Phi) is 5.63. The van der Waals surface area contributed by atoms with Crippen LogP contribution in [0.1, 0.15) is 44.2 Å². The van der Waals surface area contributed by atoms with E-state index in [4.69, 9.17) is 9.57 Å². The number of alkyl halides is 3. The van der Waals surface area contributed by atoms with Crippen molar-refractivity contribution in [1.29, 1.82) is 0 Å². The number of aliphatic hydroxyl groups excluding tert-OH is 1. The third kappa shape index (κ3) is 5.61. The van der Waals surface area contributed by atoms with Crippen LogP contribution in [0, 0.1) is 0 Å². The number of aliphatic hydroxyl groups is 1. The van der Waals surface area contributed by atoms with Gasteiger partial charge in [-0.15, -0.1) is 5.06 Å². The molecule has 8 heteroatoms. The summed E-state index contributed by atoms with van der Waals surface area (Å²) in [6, 6.07) is 4.94. The van der Waals surface area contributed by atoms with Gasteiger partial charge in [-0.2, -0.15) is 13.2 Å². The highest BCUT2D eigenvalue weighted by atomic mass is 19.4. The highest BCUT2D eigenvalue weighted by molar-refractivity contribution is 5.60. The van der Waals surface area contributed by atoms with E-state index in [1.165, 1.54) is 11.1 Å². The van der Waals surface area contributed by atoms with E-state index < -0.39 is 35.5 Å². The predicted octanol–water partition coefficient (Wildman–Crippen LogP) is 3.72. The van der Waals surface area contributed by atoms with Gasteiger partial charge in [0.25, 0.3) is 0 Å². The fourth-order valence-corrected chi connectivity index (χ4v) is 2.69. The number of rotatable bonds is 2. The van der Waals surface area contributed by atoms with Gasteiger partial charge >= 0.3 is 12.3 Å². The number of carbonyl (C=O) groups is 1. The molecule has 1 fully saturated rings. The smallest absolute Gasteiger partial charge is 0.427 e. The molecule has 1 heterocycles. The summed E-state index contributed by atoms with van der Waals surface area (Å²) in [4.78, 5) is 16.7. The van der Waals surface area contributed by atoms with Crippen LogP contribution >= 0.6 is 0 Å². The van der Waals surface area contributed by atoms with Crippen LogP contribution in [0.5, 0.6) is 0 Å². The number of hydroxylamine groups is 2. The molecule has 1 aromatic rings. The third-order valence-electron chi connectivity index (χ3n) is 3.78. The van der Waals surface area contributed by atoms with E-state index in [1.807, 2.05) is 0 Å². The second-order valence-electron chi connectivity index (χ2n) is 7.03. The second kappa shape index (κ2) is 7.21. The largest absolute Gasteiger partial charge is 0.528 e. The van der Waals surface area contributed by atoms with E-state index in [1.54, 1.807) is 26.8 Å². The van der Waals surface area contributed by atoms with E-state index in [9.17, 15) is 23.1 Å². The van der Waals surface area contributed by atoms with Crippen molar-refractivity contribution in [2.24, 2.45) is 0 Å². The molecule has 0 aliphatic carbocycles. The standard InChI is InChI=1S/C17H22F3NO4/c1-16(2,3)24-15(23)25-21-8-7-13(14(22)10-21)11-5-4-6-12(9-11)17(18,19)20/h4-6,9,13-14,22H,7-8,10H2,1-3H3. The summed E-state index contributed by atoms with van der Waals surface area (Å²) in [5.41, 5.74) is -1.03. The average Bonchev–Trinajstić information content (AvgIpc) is 2.44. The van der Waals surface area contributed by atoms with Gasteiger partial charge in [0.15, 0.2) is 0 Å². The summed E-state index contributed by atoms with van der Waals surface area (Å²) < 4.78 is 43.5. The van der Waals surface area contributed by atoms with E-state index in [2.05, 4.69) is 0 Å². The molecule has 1 saturated heterocycles. The lowest BCUT2D eigenvalue weighted by molar-refractivity contribution is -0.170. The number of hydrogen-bond donors (Lipinski definition) is 1. The summed E-state index contributed by atoms with van der Waals surface area (Å²) in [6.45, 7) is 5.38. The minimum atomic E-state index is -4.43. The first-order chi connectivity index (χ1) is 11.5. The number of nitrogens with zero attached hydrogens (tertiary/aromatic N) is 1. The van der Waals surface area contributed by atoms with Gasteiger partial charge < -0.3 is 14.7 Å². The SMILES string of the molecule is CC(C)(C)OC(=O)ON1CCC(c2cccc(C(F)(F)F)c2)C(O)C1. The van der Waals surface area contributed by atoms with Crippen molar-refractivity contribution in [3.63, 3.8) is 0 Å². The number of halogens is 3. The lowest BCUT2D eigenvalue weighted by Gasteiger charge is -2.35. The molecular formula is C17H22F3NO4. The monoisotopic (exact) mass is 361 g/mol. The fraction of sp³-hybridized carbons (Fsp3) is 0.588. The first kappa shape index (κ1) is 19.5. The molecule has 25 heavy (non-hydrogen) atoms. The van der Waals surface area contributed by atoms with Gasteiger partial charge in [-0.1, -0.05) is 18.2 Å². The summed E-state index contributed by atoms with van der Waals surface area (Å²) in [7, 11) is 0. The summed E-state index contributed by atoms with van der Waals surface area (Å²) in [5.74, 6) is -0.458. The highest BCUT2D eigenvalue weighted by Crippen LogP contribution is 2.34. The quantitative estimate of drug-likeness (QED) is 0.814. The lowest BCUT2D eigenvalue weighted by Crippen LogP contribution is -2.44. The van der Waals surface area contributed by atoms with E-state index in [0.717, 1.165) is 12.1 Å². The summed E-state index contributed by atoms with van der Waals surface area (Å²) in [6.07, 6.45) is -5.91. The predicted molar refractivity (Wildman–Crippen MR) is 83.7 cm³/mol. The maximum absolute atomic E-state index is 12.8. The molecule has 1 aliphatic rings. The molecule has 2 atom stereocenters. The number of ether oxygens (including phenoxy) is 1. The van der Waals surface area contributed by atoms with Crippen molar-refractivity contribution in [2.75, 3.05) is 13.1 Å². The van der Waals surface area contributed by atoms with Gasteiger partial charge in [-0.3, -0.25) is 0 Å². The molecule has 0 aromatic heterocycles. The van der Waals surface area contributed by atoms with Crippen molar-refractivity contribution >= 4 is 6.16 Å². The minimum absolute atomic E-state index is 0.000154. The molecule has 0 spiro atoms. The topological polar surface area (TPSA) is 59.0 Å². The van der Waals surface area contributed by atoms with Gasteiger partial charge in [-0.25, -0.2) is 4.79 Å². The van der Waals surface area contributed by atoms with Crippen LogP contribution < -0.4 is 0 Å². The van der Waals surface area contributed by atoms with Crippen molar-refractivity contribution in [3.05, 3.63) is 35.4 Å². The highest BCUT2D eigenvalue weighted by Gasteiger charge is 2.34. The molecule has 1 aromatic carbocycles. The second-order valence-corrected chi connectivity index (χ2v) is 7.03. The lowest BCUT2D eigenvalue weighted by atomic mass is 9.87. The zero-order chi connectivity index (χ0) is 18.8.